The molecule has 48 valence electrons. The van der Waals surface area contributed by atoms with Gasteiger partial charge < -0.3 is 11.1 Å². The molecule has 0 saturated heterocycles. The molecule has 0 aliphatic rings. The second kappa shape index (κ2) is 3.74. The second-order valence-corrected chi connectivity index (χ2v) is 1.86. The summed E-state index contributed by atoms with van der Waals surface area (Å²) in [6.07, 6.45) is 0. The van der Waals surface area contributed by atoms with Gasteiger partial charge in [0.2, 0.25) is 0 Å². The molecule has 1 unspecified atom stereocenters. The zero-order chi connectivity index (χ0) is 6.57. The van der Waals surface area contributed by atoms with Gasteiger partial charge in [-0.1, -0.05) is 0 Å². The maximum absolute atomic E-state index is 10.5. The van der Waals surface area contributed by atoms with E-state index >= 15 is 0 Å². The van der Waals surface area contributed by atoms with Crippen LogP contribution in [0.15, 0.2) is 0 Å². The third-order valence-corrected chi connectivity index (χ3v) is 1.28. The predicted molar refractivity (Wildman–Crippen MR) is 34.6 cm³/mol. The van der Waals surface area contributed by atoms with E-state index in [-0.39, 0.29) is 11.9 Å². The van der Waals surface area contributed by atoms with Gasteiger partial charge in [-0.25, -0.2) is 0 Å². The summed E-state index contributed by atoms with van der Waals surface area (Å²) in [6.45, 7) is 0. The van der Waals surface area contributed by atoms with Gasteiger partial charge in [0.15, 0.2) is 6.04 Å². The highest BCUT2D eigenvalue weighted by Crippen LogP contribution is 1.77. The monoisotopic (exact) mass is 135 g/mol. The molecule has 0 aromatic heterocycles. The summed E-state index contributed by atoms with van der Waals surface area (Å²) >= 11 is 3.89. The van der Waals surface area contributed by atoms with Crippen LogP contribution < -0.4 is 11.1 Å². The smallest absolute Gasteiger partial charge is 0.278 e. The van der Waals surface area contributed by atoms with Crippen LogP contribution in [0.3, 0.4) is 0 Å². The minimum Gasteiger partial charge on any atom is -0.354 e. The Morgan fingerprint density at radius 1 is 2.00 bits per heavy atom. The van der Waals surface area contributed by atoms with Crippen LogP contribution in [-0.2, 0) is 4.79 Å². The topological polar surface area (TPSA) is 56.7 Å². The molecule has 4 heteroatoms. The van der Waals surface area contributed by atoms with Crippen LogP contribution >= 0.6 is 12.6 Å². The first-order chi connectivity index (χ1) is 3.72. The van der Waals surface area contributed by atoms with E-state index in [1.165, 1.54) is 0 Å². The SMILES string of the molecule is CNC(=O)C([NH3+])CS. The Hall–Kier alpha value is -0.220. The quantitative estimate of drug-likeness (QED) is 0.387. The number of likely N-dealkylation sites (N-methyl/N-ethyl adjacent to an activating group) is 1. The molecule has 8 heavy (non-hydrogen) atoms. The molecule has 0 aliphatic carbocycles. The van der Waals surface area contributed by atoms with Crippen molar-refractivity contribution in [2.24, 2.45) is 0 Å². The summed E-state index contributed by atoms with van der Waals surface area (Å²) in [5.41, 5.74) is 3.54. The molecular weight excluding hydrogens is 124 g/mol. The minimum absolute atomic E-state index is 0.0556. The number of quaternary nitrogens is 1. The van der Waals surface area contributed by atoms with Gasteiger partial charge in [0.05, 0.1) is 5.75 Å². The molecule has 0 fully saturated rings. The molecule has 3 nitrogen and oxygen atoms in total. The first kappa shape index (κ1) is 7.78. The van der Waals surface area contributed by atoms with Crippen LogP contribution in [0.1, 0.15) is 0 Å². The largest absolute Gasteiger partial charge is 0.354 e. The van der Waals surface area contributed by atoms with Crippen molar-refractivity contribution in [3.05, 3.63) is 0 Å². The second-order valence-electron chi connectivity index (χ2n) is 1.49. The van der Waals surface area contributed by atoms with E-state index in [9.17, 15) is 4.79 Å². The van der Waals surface area contributed by atoms with Gasteiger partial charge in [0.25, 0.3) is 5.91 Å². The van der Waals surface area contributed by atoms with E-state index in [1.54, 1.807) is 7.05 Å². The van der Waals surface area contributed by atoms with Crippen LogP contribution in [0.2, 0.25) is 0 Å². The van der Waals surface area contributed by atoms with Gasteiger partial charge in [-0.2, -0.15) is 12.6 Å². The van der Waals surface area contributed by atoms with Crippen molar-refractivity contribution in [1.29, 1.82) is 0 Å². The fourth-order valence-corrected chi connectivity index (χ4v) is 0.453. The number of rotatable bonds is 2. The summed E-state index contributed by atoms with van der Waals surface area (Å²) in [4.78, 5) is 10.5. The fourth-order valence-electron chi connectivity index (χ4n) is 0.287. The number of thiol groups is 1. The van der Waals surface area contributed by atoms with Gasteiger partial charge in [0.1, 0.15) is 0 Å². The van der Waals surface area contributed by atoms with E-state index < -0.39 is 0 Å². The summed E-state index contributed by atoms with van der Waals surface area (Å²) in [6, 6.07) is -0.219. The minimum atomic E-state index is -0.219. The molecule has 0 aromatic rings. The molecular formula is C4H11N2OS+. The Bertz CT molecular complexity index is 86.1. The van der Waals surface area contributed by atoms with Gasteiger partial charge >= 0.3 is 0 Å². The van der Waals surface area contributed by atoms with Crippen molar-refractivity contribution >= 4 is 18.5 Å². The van der Waals surface area contributed by atoms with Gasteiger partial charge in [-0.15, -0.1) is 0 Å². The Morgan fingerprint density at radius 3 is 2.62 bits per heavy atom. The van der Waals surface area contributed by atoms with E-state index in [2.05, 4.69) is 23.7 Å². The van der Waals surface area contributed by atoms with E-state index in [0.717, 1.165) is 0 Å². The molecule has 0 aliphatic heterocycles. The number of nitrogens with one attached hydrogen (secondary N) is 1. The van der Waals surface area contributed by atoms with Crippen LogP contribution in [0.4, 0.5) is 0 Å². The highest BCUT2D eigenvalue weighted by atomic mass is 32.1. The summed E-state index contributed by atoms with van der Waals surface area (Å²) in [7, 11) is 1.59. The molecule has 0 bridgehead atoms. The Labute approximate surface area is 54.0 Å². The molecule has 0 spiro atoms. The lowest BCUT2D eigenvalue weighted by molar-refractivity contribution is -0.396. The average Bonchev–Trinajstić information content (AvgIpc) is 1.84. The maximum atomic E-state index is 10.5. The first-order valence-electron chi connectivity index (χ1n) is 2.38. The molecule has 0 rings (SSSR count). The van der Waals surface area contributed by atoms with Crippen molar-refractivity contribution in [3.8, 4) is 0 Å². The number of carbonyl (C=O) groups is 1. The van der Waals surface area contributed by atoms with Gasteiger partial charge in [-0.3, -0.25) is 4.79 Å². The zero-order valence-corrected chi connectivity index (χ0v) is 5.74. The predicted octanol–water partition coefficient (Wildman–Crippen LogP) is -1.73. The number of hydrogen-bond acceptors (Lipinski definition) is 2. The maximum Gasteiger partial charge on any atom is 0.278 e. The molecule has 4 N–H and O–H groups in total. The van der Waals surface area contributed by atoms with Crippen molar-refractivity contribution in [2.45, 2.75) is 6.04 Å². The van der Waals surface area contributed by atoms with E-state index in [1.807, 2.05) is 0 Å². The average molecular weight is 135 g/mol. The fraction of sp³-hybridized carbons (Fsp3) is 0.750. The van der Waals surface area contributed by atoms with Crippen LogP contribution in [-0.4, -0.2) is 24.7 Å². The van der Waals surface area contributed by atoms with Crippen molar-refractivity contribution in [1.82, 2.24) is 5.32 Å². The molecule has 1 atom stereocenters. The van der Waals surface area contributed by atoms with E-state index in [4.69, 9.17) is 0 Å². The van der Waals surface area contributed by atoms with Crippen LogP contribution in [0, 0.1) is 0 Å². The first-order valence-corrected chi connectivity index (χ1v) is 3.01. The standard InChI is InChI=1S/C4H10N2OS/c1-6-4(7)3(5)2-8/h3,8H,2,5H2,1H3,(H,6,7)/p+1. The van der Waals surface area contributed by atoms with E-state index in [0.29, 0.717) is 5.75 Å². The van der Waals surface area contributed by atoms with Crippen molar-refractivity contribution in [2.75, 3.05) is 12.8 Å². The molecule has 1 amide bonds. The number of amides is 1. The molecule has 0 radical (unpaired) electrons. The third kappa shape index (κ3) is 2.18. The Morgan fingerprint density at radius 2 is 2.50 bits per heavy atom. The van der Waals surface area contributed by atoms with Gasteiger partial charge in [-0.05, 0) is 0 Å². The lowest BCUT2D eigenvalue weighted by Gasteiger charge is -2.00. The van der Waals surface area contributed by atoms with Gasteiger partial charge in [0, 0.05) is 7.05 Å². The lowest BCUT2D eigenvalue weighted by atomic mass is 10.3. The summed E-state index contributed by atoms with van der Waals surface area (Å²) in [5, 5.41) is 2.47. The summed E-state index contributed by atoms with van der Waals surface area (Å²) < 4.78 is 0. The molecule has 0 heterocycles. The van der Waals surface area contributed by atoms with Crippen molar-refractivity contribution in [3.63, 3.8) is 0 Å². The Kier molecular flexibility index (Phi) is 3.64. The van der Waals surface area contributed by atoms with Crippen molar-refractivity contribution < 1.29 is 10.5 Å². The molecule has 0 saturated carbocycles. The molecule has 0 aromatic carbocycles. The van der Waals surface area contributed by atoms with Crippen LogP contribution in [0.5, 0.6) is 0 Å². The number of carbonyl (C=O) groups excluding carboxylic acids is 1. The highest BCUT2D eigenvalue weighted by molar-refractivity contribution is 7.80. The summed E-state index contributed by atoms with van der Waals surface area (Å²) in [5.74, 6) is 0.444. The number of hydrogen-bond donors (Lipinski definition) is 3. The highest BCUT2D eigenvalue weighted by Gasteiger charge is 2.11. The van der Waals surface area contributed by atoms with Crippen LogP contribution in [0.25, 0.3) is 0 Å². The lowest BCUT2D eigenvalue weighted by Crippen LogP contribution is -2.68. The zero-order valence-electron chi connectivity index (χ0n) is 4.85. The third-order valence-electron chi connectivity index (χ3n) is 0.838. The normalized spacial score (nSPS) is 12.9. The Balaban J connectivity index is 3.46.